The molecule has 0 aliphatic rings. The number of carboxylic acids is 1. The van der Waals surface area contributed by atoms with E-state index >= 15 is 0 Å². The fourth-order valence-corrected chi connectivity index (χ4v) is 0.629. The van der Waals surface area contributed by atoms with Crippen molar-refractivity contribution in [3.05, 3.63) is 25.3 Å². The monoisotopic (exact) mass is 182 g/mol. The molecule has 0 aliphatic carbocycles. The van der Waals surface area contributed by atoms with Crippen LogP contribution < -0.4 is 0 Å². The van der Waals surface area contributed by atoms with Crippen LogP contribution in [0, 0.1) is 0 Å². The predicted octanol–water partition coefficient (Wildman–Crippen LogP) is 1.85. The number of hydrogen-bond donors (Lipinski definition) is 1. The van der Waals surface area contributed by atoms with Gasteiger partial charge in [-0.1, -0.05) is 13.5 Å². The maximum Gasteiger partial charge on any atom is 0.300 e. The van der Waals surface area contributed by atoms with Crippen molar-refractivity contribution in [3.63, 3.8) is 0 Å². The summed E-state index contributed by atoms with van der Waals surface area (Å²) < 4.78 is 1.92. The molecule has 1 N–H and O–H groups in total. The van der Waals surface area contributed by atoms with Crippen LogP contribution in [0.4, 0.5) is 0 Å². The largest absolute Gasteiger partial charge is 0.481 e. The summed E-state index contributed by atoms with van der Waals surface area (Å²) in [5, 5.41) is 7.42. The molecular weight excluding hydrogens is 168 g/mol. The van der Waals surface area contributed by atoms with E-state index < -0.39 is 5.97 Å². The van der Waals surface area contributed by atoms with Gasteiger partial charge in [-0.2, -0.15) is 0 Å². The highest BCUT2D eigenvalue weighted by Gasteiger charge is 1.89. The maximum atomic E-state index is 9.00. The molecular formula is C9H14N2O2. The smallest absolute Gasteiger partial charge is 0.300 e. The van der Waals surface area contributed by atoms with E-state index in [1.807, 2.05) is 10.8 Å². The molecule has 1 aromatic heterocycles. The average Bonchev–Trinajstić information content (AvgIpc) is 2.54. The van der Waals surface area contributed by atoms with Crippen molar-refractivity contribution in [2.24, 2.45) is 0 Å². The number of allylic oxidation sites excluding steroid dienone is 1. The number of rotatable bonds is 2. The first-order chi connectivity index (χ1) is 6.07. The van der Waals surface area contributed by atoms with Gasteiger partial charge in [0.25, 0.3) is 5.97 Å². The Morgan fingerprint density at radius 1 is 1.69 bits per heavy atom. The van der Waals surface area contributed by atoms with Crippen LogP contribution in [-0.2, 0) is 4.79 Å². The number of carboxylic acid groups (broad SMARTS) is 1. The minimum absolute atomic E-state index is 0.833. The van der Waals surface area contributed by atoms with Gasteiger partial charge in [0, 0.05) is 25.0 Å². The van der Waals surface area contributed by atoms with Gasteiger partial charge in [-0.15, -0.1) is 0 Å². The molecule has 13 heavy (non-hydrogen) atoms. The Balaban J connectivity index is 0.000000310. The number of aromatic nitrogens is 2. The van der Waals surface area contributed by atoms with Crippen LogP contribution in [0.3, 0.4) is 0 Å². The van der Waals surface area contributed by atoms with Crippen LogP contribution >= 0.6 is 0 Å². The Hall–Kier alpha value is -1.58. The third kappa shape index (κ3) is 5.66. The third-order valence-corrected chi connectivity index (χ3v) is 1.28. The lowest BCUT2D eigenvalue weighted by atomic mass is 10.4. The Labute approximate surface area is 77.5 Å². The van der Waals surface area contributed by atoms with Crippen LogP contribution in [0.25, 0.3) is 5.70 Å². The highest BCUT2D eigenvalue weighted by atomic mass is 16.4. The molecule has 72 valence electrons. The highest BCUT2D eigenvalue weighted by Crippen LogP contribution is 2.02. The third-order valence-electron chi connectivity index (χ3n) is 1.28. The number of aliphatic carboxylic acids is 1. The molecule has 4 nitrogen and oxygen atoms in total. The molecule has 0 fully saturated rings. The molecule has 0 aliphatic heterocycles. The summed E-state index contributed by atoms with van der Waals surface area (Å²) in [5.41, 5.74) is 1.08. The lowest BCUT2D eigenvalue weighted by Gasteiger charge is -1.99. The number of nitrogens with zero attached hydrogens (tertiary/aromatic N) is 2. The first-order valence-electron chi connectivity index (χ1n) is 3.93. The predicted molar refractivity (Wildman–Crippen MR) is 51.2 cm³/mol. The second-order valence-electron chi connectivity index (χ2n) is 2.41. The molecule has 1 heterocycles. The molecule has 0 atom stereocenters. The quantitative estimate of drug-likeness (QED) is 0.759. The molecule has 0 amide bonds. The van der Waals surface area contributed by atoms with E-state index in [0.717, 1.165) is 19.0 Å². The average molecular weight is 182 g/mol. The molecule has 0 bridgehead atoms. The van der Waals surface area contributed by atoms with Crippen molar-refractivity contribution in [1.29, 1.82) is 0 Å². The highest BCUT2D eigenvalue weighted by molar-refractivity contribution is 5.62. The molecule has 1 aromatic rings. The van der Waals surface area contributed by atoms with Gasteiger partial charge < -0.3 is 9.67 Å². The summed E-state index contributed by atoms with van der Waals surface area (Å²) in [6, 6.07) is 0. The van der Waals surface area contributed by atoms with Crippen LogP contribution in [0.2, 0.25) is 0 Å². The molecule has 0 saturated carbocycles. The topological polar surface area (TPSA) is 55.1 Å². The SMILES string of the molecule is C=C(CC)n1ccnc1.CC(=O)O. The van der Waals surface area contributed by atoms with Gasteiger partial charge in [-0.05, 0) is 6.42 Å². The Morgan fingerprint density at radius 2 is 2.23 bits per heavy atom. The van der Waals surface area contributed by atoms with Crippen molar-refractivity contribution in [2.75, 3.05) is 0 Å². The van der Waals surface area contributed by atoms with E-state index in [9.17, 15) is 0 Å². The lowest BCUT2D eigenvalue weighted by Crippen LogP contribution is -1.88. The van der Waals surface area contributed by atoms with Crippen molar-refractivity contribution in [3.8, 4) is 0 Å². The minimum Gasteiger partial charge on any atom is -0.481 e. The summed E-state index contributed by atoms with van der Waals surface area (Å²) in [5.74, 6) is -0.833. The van der Waals surface area contributed by atoms with Gasteiger partial charge in [0.2, 0.25) is 0 Å². The van der Waals surface area contributed by atoms with Crippen LogP contribution in [0.5, 0.6) is 0 Å². The second-order valence-corrected chi connectivity index (χ2v) is 2.41. The fraction of sp³-hybridized carbons (Fsp3) is 0.333. The van der Waals surface area contributed by atoms with Crippen LogP contribution in [0.15, 0.2) is 25.3 Å². The normalized spacial score (nSPS) is 8.46. The summed E-state index contributed by atoms with van der Waals surface area (Å²) >= 11 is 0. The van der Waals surface area contributed by atoms with E-state index in [0.29, 0.717) is 0 Å². The zero-order valence-corrected chi connectivity index (χ0v) is 7.90. The van der Waals surface area contributed by atoms with Crippen LogP contribution in [0.1, 0.15) is 20.3 Å². The Morgan fingerprint density at radius 3 is 2.54 bits per heavy atom. The zero-order chi connectivity index (χ0) is 10.3. The maximum absolute atomic E-state index is 9.00. The van der Waals surface area contributed by atoms with E-state index in [2.05, 4.69) is 18.5 Å². The molecule has 0 spiro atoms. The van der Waals surface area contributed by atoms with Gasteiger partial charge >= 0.3 is 0 Å². The Kier molecular flexibility index (Phi) is 5.27. The van der Waals surface area contributed by atoms with Crippen molar-refractivity contribution >= 4 is 11.7 Å². The number of hydrogen-bond acceptors (Lipinski definition) is 2. The summed E-state index contributed by atoms with van der Waals surface area (Å²) in [7, 11) is 0. The van der Waals surface area contributed by atoms with Crippen molar-refractivity contribution in [1.82, 2.24) is 9.55 Å². The molecule has 0 radical (unpaired) electrons. The van der Waals surface area contributed by atoms with Gasteiger partial charge in [-0.25, -0.2) is 4.98 Å². The first kappa shape index (κ1) is 11.4. The first-order valence-corrected chi connectivity index (χ1v) is 3.93. The van der Waals surface area contributed by atoms with E-state index in [1.54, 1.807) is 12.5 Å². The zero-order valence-electron chi connectivity index (χ0n) is 7.90. The van der Waals surface area contributed by atoms with Crippen molar-refractivity contribution < 1.29 is 9.90 Å². The standard InChI is InChI=1S/C7H10N2.C2H4O2/c1-3-7(2)9-5-4-8-6-9;1-2(3)4/h4-6H,2-3H2,1H3;1H3,(H,3,4). The summed E-state index contributed by atoms with van der Waals surface area (Å²) in [4.78, 5) is 12.9. The van der Waals surface area contributed by atoms with Crippen molar-refractivity contribution in [2.45, 2.75) is 20.3 Å². The molecule has 4 heteroatoms. The van der Waals surface area contributed by atoms with Crippen LogP contribution in [-0.4, -0.2) is 20.6 Å². The fourth-order valence-electron chi connectivity index (χ4n) is 0.629. The lowest BCUT2D eigenvalue weighted by molar-refractivity contribution is -0.134. The minimum atomic E-state index is -0.833. The number of imidazole rings is 1. The van der Waals surface area contributed by atoms with E-state index in [-0.39, 0.29) is 0 Å². The molecule has 1 rings (SSSR count). The van der Waals surface area contributed by atoms with Gasteiger partial charge in [0.05, 0.1) is 6.33 Å². The summed E-state index contributed by atoms with van der Waals surface area (Å²) in [6.07, 6.45) is 6.37. The second kappa shape index (κ2) is 5.99. The Bertz CT molecular complexity index is 261. The van der Waals surface area contributed by atoms with Gasteiger partial charge in [0.1, 0.15) is 0 Å². The summed E-state index contributed by atoms with van der Waals surface area (Å²) in [6.45, 7) is 6.99. The van der Waals surface area contributed by atoms with E-state index in [4.69, 9.17) is 9.90 Å². The van der Waals surface area contributed by atoms with Gasteiger partial charge in [0.15, 0.2) is 0 Å². The van der Waals surface area contributed by atoms with Gasteiger partial charge in [-0.3, -0.25) is 4.79 Å². The molecule has 0 aromatic carbocycles. The molecule has 0 unspecified atom stereocenters. The van der Waals surface area contributed by atoms with E-state index in [1.165, 1.54) is 0 Å². The number of carbonyl (C=O) groups is 1. The molecule has 0 saturated heterocycles.